The summed E-state index contributed by atoms with van der Waals surface area (Å²) in [6, 6.07) is 13.6. The van der Waals surface area contributed by atoms with E-state index in [1.54, 1.807) is 24.2 Å². The third-order valence-corrected chi connectivity index (χ3v) is 4.05. The lowest BCUT2D eigenvalue weighted by molar-refractivity contribution is -0.148. The molecule has 0 radical (unpaired) electrons. The van der Waals surface area contributed by atoms with Crippen molar-refractivity contribution in [1.82, 2.24) is 4.98 Å². The van der Waals surface area contributed by atoms with Crippen LogP contribution < -0.4 is 0 Å². The Morgan fingerprint density at radius 1 is 1.20 bits per heavy atom. The Morgan fingerprint density at radius 2 is 1.90 bits per heavy atom. The maximum Gasteiger partial charge on any atom is 0.309 e. The highest BCUT2D eigenvalue weighted by atomic mass is 32.2. The molecule has 1 aromatic carbocycles. The summed E-state index contributed by atoms with van der Waals surface area (Å²) in [5.74, 6) is 0.421. The van der Waals surface area contributed by atoms with Gasteiger partial charge in [-0.25, -0.2) is 0 Å². The Labute approximate surface area is 123 Å². The van der Waals surface area contributed by atoms with Gasteiger partial charge < -0.3 is 4.74 Å². The normalized spacial score (nSPS) is 11.8. The van der Waals surface area contributed by atoms with Crippen LogP contribution in [0.15, 0.2) is 59.8 Å². The van der Waals surface area contributed by atoms with Gasteiger partial charge in [0, 0.05) is 23.0 Å². The zero-order valence-electron chi connectivity index (χ0n) is 11.4. The average Bonchev–Trinajstić information content (AvgIpc) is 2.52. The molecule has 3 nitrogen and oxygen atoms in total. The fourth-order valence-electron chi connectivity index (χ4n) is 1.59. The Morgan fingerprint density at radius 3 is 2.60 bits per heavy atom. The quantitative estimate of drug-likeness (QED) is 0.601. The fraction of sp³-hybridized carbons (Fsp3) is 0.250. The van der Waals surface area contributed by atoms with Gasteiger partial charge in [0.2, 0.25) is 0 Å². The second-order valence-electron chi connectivity index (χ2n) is 4.49. The molecule has 20 heavy (non-hydrogen) atoms. The van der Waals surface area contributed by atoms with Crippen LogP contribution in [0.25, 0.3) is 0 Å². The highest BCUT2D eigenvalue weighted by Crippen LogP contribution is 2.20. The molecular formula is C16H17NO2S. The largest absolute Gasteiger partial charge is 0.461 e. The van der Waals surface area contributed by atoms with E-state index in [-0.39, 0.29) is 11.9 Å². The van der Waals surface area contributed by atoms with Crippen LogP contribution in [-0.4, -0.2) is 16.7 Å². The standard InChI is InChI=1S/C16H17NO2S/c1-13(12-20-15-7-9-17-10-8-15)16(18)19-11-14-5-3-2-4-6-14/h2-10,13H,11-12H2,1H3. The fourth-order valence-corrected chi connectivity index (χ4v) is 2.49. The Balaban J connectivity index is 1.75. The number of hydrogen-bond acceptors (Lipinski definition) is 4. The molecular weight excluding hydrogens is 270 g/mol. The number of rotatable bonds is 6. The molecule has 0 fully saturated rings. The van der Waals surface area contributed by atoms with Crippen molar-refractivity contribution in [1.29, 1.82) is 0 Å². The van der Waals surface area contributed by atoms with Crippen LogP contribution in [0.4, 0.5) is 0 Å². The van der Waals surface area contributed by atoms with Gasteiger partial charge in [0.05, 0.1) is 5.92 Å². The summed E-state index contributed by atoms with van der Waals surface area (Å²) < 4.78 is 5.31. The first kappa shape index (κ1) is 14.6. The van der Waals surface area contributed by atoms with E-state index in [1.165, 1.54) is 0 Å². The van der Waals surface area contributed by atoms with E-state index in [4.69, 9.17) is 4.74 Å². The molecule has 0 saturated heterocycles. The summed E-state index contributed by atoms with van der Waals surface area (Å²) in [5, 5.41) is 0. The van der Waals surface area contributed by atoms with Gasteiger partial charge in [-0.05, 0) is 17.7 Å². The minimum Gasteiger partial charge on any atom is -0.461 e. The van der Waals surface area contributed by atoms with E-state index in [0.29, 0.717) is 12.4 Å². The van der Waals surface area contributed by atoms with Gasteiger partial charge in [0.15, 0.2) is 0 Å². The second-order valence-corrected chi connectivity index (χ2v) is 5.58. The van der Waals surface area contributed by atoms with E-state index in [2.05, 4.69) is 4.98 Å². The molecule has 2 rings (SSSR count). The minimum absolute atomic E-state index is 0.128. The molecule has 1 atom stereocenters. The molecule has 2 aromatic rings. The molecule has 0 amide bonds. The van der Waals surface area contributed by atoms with Gasteiger partial charge >= 0.3 is 5.97 Å². The number of esters is 1. The van der Waals surface area contributed by atoms with Crippen LogP contribution in [0.1, 0.15) is 12.5 Å². The van der Waals surface area contributed by atoms with Crippen molar-refractivity contribution in [2.75, 3.05) is 5.75 Å². The van der Waals surface area contributed by atoms with Crippen LogP contribution in [0.5, 0.6) is 0 Å². The number of pyridine rings is 1. The van der Waals surface area contributed by atoms with Crippen LogP contribution in [0.2, 0.25) is 0 Å². The monoisotopic (exact) mass is 287 g/mol. The first-order valence-electron chi connectivity index (χ1n) is 6.49. The number of carbonyl (C=O) groups excluding carboxylic acids is 1. The maximum atomic E-state index is 11.9. The topological polar surface area (TPSA) is 39.2 Å². The minimum atomic E-state index is -0.157. The second kappa shape index (κ2) is 7.70. The van der Waals surface area contributed by atoms with Crippen molar-refractivity contribution in [3.05, 3.63) is 60.4 Å². The molecule has 1 unspecified atom stereocenters. The molecule has 1 heterocycles. The SMILES string of the molecule is CC(CSc1ccncc1)C(=O)OCc1ccccc1. The van der Waals surface area contributed by atoms with Crippen LogP contribution in [0, 0.1) is 5.92 Å². The third kappa shape index (κ3) is 4.70. The molecule has 0 saturated carbocycles. The van der Waals surface area contributed by atoms with E-state index in [9.17, 15) is 4.79 Å². The first-order chi connectivity index (χ1) is 9.75. The number of nitrogens with zero attached hydrogens (tertiary/aromatic N) is 1. The zero-order chi connectivity index (χ0) is 14.2. The Kier molecular flexibility index (Phi) is 5.62. The number of benzene rings is 1. The predicted octanol–water partition coefficient (Wildman–Crippen LogP) is 3.55. The van der Waals surface area contributed by atoms with Gasteiger partial charge in [0.1, 0.15) is 6.61 Å². The maximum absolute atomic E-state index is 11.9. The third-order valence-electron chi connectivity index (χ3n) is 2.78. The van der Waals surface area contributed by atoms with Crippen molar-refractivity contribution in [3.8, 4) is 0 Å². The molecule has 0 N–H and O–H groups in total. The number of thioether (sulfide) groups is 1. The molecule has 0 aliphatic carbocycles. The average molecular weight is 287 g/mol. The molecule has 4 heteroatoms. The van der Waals surface area contributed by atoms with Crippen molar-refractivity contribution >= 4 is 17.7 Å². The Hall–Kier alpha value is -1.81. The molecule has 1 aromatic heterocycles. The van der Waals surface area contributed by atoms with Crippen LogP contribution in [0.3, 0.4) is 0 Å². The Bertz CT molecular complexity index is 531. The molecule has 104 valence electrons. The van der Waals surface area contributed by atoms with Crippen molar-refractivity contribution in [2.45, 2.75) is 18.4 Å². The van der Waals surface area contributed by atoms with Crippen molar-refractivity contribution in [3.63, 3.8) is 0 Å². The first-order valence-corrected chi connectivity index (χ1v) is 7.47. The summed E-state index contributed by atoms with van der Waals surface area (Å²) in [6.07, 6.45) is 3.50. The molecule has 0 aliphatic rings. The van der Waals surface area contributed by atoms with Crippen molar-refractivity contribution < 1.29 is 9.53 Å². The van der Waals surface area contributed by atoms with Crippen LogP contribution in [-0.2, 0) is 16.1 Å². The smallest absolute Gasteiger partial charge is 0.309 e. The lowest BCUT2D eigenvalue weighted by Gasteiger charge is -2.11. The number of ether oxygens (including phenoxy) is 1. The van der Waals surface area contributed by atoms with Gasteiger partial charge in [-0.3, -0.25) is 9.78 Å². The number of hydrogen-bond donors (Lipinski definition) is 0. The van der Waals surface area contributed by atoms with Gasteiger partial charge in [-0.15, -0.1) is 11.8 Å². The summed E-state index contributed by atoms with van der Waals surface area (Å²) in [5.41, 5.74) is 1.01. The van der Waals surface area contributed by atoms with Gasteiger partial charge in [-0.2, -0.15) is 0 Å². The van der Waals surface area contributed by atoms with E-state index < -0.39 is 0 Å². The molecule has 0 bridgehead atoms. The van der Waals surface area contributed by atoms with Gasteiger partial charge in [0.25, 0.3) is 0 Å². The van der Waals surface area contributed by atoms with Gasteiger partial charge in [-0.1, -0.05) is 37.3 Å². The van der Waals surface area contributed by atoms with E-state index >= 15 is 0 Å². The highest BCUT2D eigenvalue weighted by Gasteiger charge is 2.14. The van der Waals surface area contributed by atoms with E-state index in [1.807, 2.05) is 49.4 Å². The number of carbonyl (C=O) groups is 1. The zero-order valence-corrected chi connectivity index (χ0v) is 12.2. The van der Waals surface area contributed by atoms with E-state index in [0.717, 1.165) is 10.5 Å². The summed E-state index contributed by atoms with van der Waals surface area (Å²) >= 11 is 1.64. The molecule has 0 spiro atoms. The summed E-state index contributed by atoms with van der Waals surface area (Å²) in [6.45, 7) is 2.23. The predicted molar refractivity (Wildman–Crippen MR) is 80.4 cm³/mol. The lowest BCUT2D eigenvalue weighted by atomic mass is 10.2. The molecule has 0 aliphatic heterocycles. The van der Waals surface area contributed by atoms with Crippen molar-refractivity contribution in [2.24, 2.45) is 5.92 Å². The highest BCUT2D eigenvalue weighted by molar-refractivity contribution is 7.99. The lowest BCUT2D eigenvalue weighted by Crippen LogP contribution is -2.16. The number of aromatic nitrogens is 1. The summed E-state index contributed by atoms with van der Waals surface area (Å²) in [4.78, 5) is 17.0. The summed E-state index contributed by atoms with van der Waals surface area (Å²) in [7, 11) is 0. The van der Waals surface area contributed by atoms with Crippen LogP contribution >= 0.6 is 11.8 Å².